The summed E-state index contributed by atoms with van der Waals surface area (Å²) in [5.41, 5.74) is 1.66. The second kappa shape index (κ2) is 7.58. The largest absolute Gasteiger partial charge is 0.443 e. The van der Waals surface area contributed by atoms with Gasteiger partial charge < -0.3 is 18.8 Å². The Morgan fingerprint density at radius 1 is 1.19 bits per heavy atom. The van der Waals surface area contributed by atoms with Gasteiger partial charge in [-0.15, -0.1) is 10.2 Å². The molecular formula is C23H27N5O4. The van der Waals surface area contributed by atoms with E-state index in [0.717, 1.165) is 48.6 Å². The van der Waals surface area contributed by atoms with Crippen LogP contribution in [0.3, 0.4) is 0 Å². The highest BCUT2D eigenvalue weighted by atomic mass is 16.6. The monoisotopic (exact) mass is 437 g/mol. The average Bonchev–Trinajstić information content (AvgIpc) is 3.39. The predicted octanol–water partition coefficient (Wildman–Crippen LogP) is 3.92. The van der Waals surface area contributed by atoms with Crippen LogP contribution in [0, 0.1) is 0 Å². The number of benzene rings is 1. The number of carbonyl (C=O) groups excluding carboxylic acids is 1. The Hall–Kier alpha value is -2.94. The summed E-state index contributed by atoms with van der Waals surface area (Å²) in [7, 11) is 0. The van der Waals surface area contributed by atoms with Gasteiger partial charge in [0.1, 0.15) is 5.60 Å². The van der Waals surface area contributed by atoms with Gasteiger partial charge in [-0.1, -0.05) is 6.07 Å². The number of hydrogen-bond acceptors (Lipinski definition) is 7. The van der Waals surface area contributed by atoms with Gasteiger partial charge in [0.25, 0.3) is 0 Å². The molecule has 1 saturated carbocycles. The van der Waals surface area contributed by atoms with E-state index < -0.39 is 0 Å². The maximum atomic E-state index is 12.5. The van der Waals surface area contributed by atoms with Gasteiger partial charge in [0.05, 0.1) is 31.0 Å². The van der Waals surface area contributed by atoms with Crippen LogP contribution < -0.4 is 0 Å². The third-order valence-corrected chi connectivity index (χ3v) is 7.10. The molecule has 0 radical (unpaired) electrons. The zero-order chi connectivity index (χ0) is 21.7. The molecule has 3 aliphatic rings. The van der Waals surface area contributed by atoms with Crippen LogP contribution in [0.15, 0.2) is 28.8 Å². The molecule has 9 heteroatoms. The van der Waals surface area contributed by atoms with Gasteiger partial charge in [0.15, 0.2) is 0 Å². The molecule has 1 amide bonds. The third kappa shape index (κ3) is 3.44. The fourth-order valence-corrected chi connectivity index (χ4v) is 4.70. The van der Waals surface area contributed by atoms with E-state index in [0.29, 0.717) is 38.1 Å². The van der Waals surface area contributed by atoms with Crippen molar-refractivity contribution in [2.45, 2.75) is 56.6 Å². The molecule has 0 bridgehead atoms. The first-order valence-corrected chi connectivity index (χ1v) is 11.4. The molecule has 2 saturated heterocycles. The summed E-state index contributed by atoms with van der Waals surface area (Å²) in [6, 6.07) is 6.36. The molecule has 9 nitrogen and oxygen atoms in total. The summed E-state index contributed by atoms with van der Waals surface area (Å²) in [4.78, 5) is 14.3. The number of rotatable bonds is 4. The first-order valence-electron chi connectivity index (χ1n) is 11.4. The number of fused-ring (bicyclic) bond motifs is 1. The molecule has 1 aliphatic carbocycles. The molecule has 168 valence electrons. The Kier molecular flexibility index (Phi) is 4.67. The first kappa shape index (κ1) is 19.7. The minimum Gasteiger partial charge on any atom is -0.443 e. The second-order valence-electron chi connectivity index (χ2n) is 9.43. The van der Waals surface area contributed by atoms with Crippen LogP contribution in [0.5, 0.6) is 0 Å². The van der Waals surface area contributed by atoms with E-state index in [9.17, 15) is 4.79 Å². The average molecular weight is 438 g/mol. The van der Waals surface area contributed by atoms with Gasteiger partial charge in [-0.25, -0.2) is 4.79 Å². The lowest BCUT2D eigenvalue weighted by Crippen LogP contribution is -2.45. The van der Waals surface area contributed by atoms with E-state index >= 15 is 0 Å². The van der Waals surface area contributed by atoms with Gasteiger partial charge in [-0.3, -0.25) is 4.68 Å². The highest BCUT2D eigenvalue weighted by molar-refractivity contribution is 5.83. The minimum atomic E-state index is -0.266. The van der Waals surface area contributed by atoms with Crippen molar-refractivity contribution >= 4 is 17.0 Å². The van der Waals surface area contributed by atoms with Crippen molar-refractivity contribution in [1.29, 1.82) is 0 Å². The number of nitrogens with zero attached hydrogens (tertiary/aromatic N) is 5. The molecular weight excluding hydrogens is 410 g/mol. The van der Waals surface area contributed by atoms with Crippen LogP contribution >= 0.6 is 0 Å². The van der Waals surface area contributed by atoms with E-state index in [1.165, 1.54) is 0 Å². The molecule has 0 unspecified atom stereocenters. The van der Waals surface area contributed by atoms with Crippen LogP contribution in [0.2, 0.25) is 0 Å². The number of amides is 1. The zero-order valence-corrected chi connectivity index (χ0v) is 18.2. The standard InChI is InChI=1S/C23H27N5O4/c1-23(7-2-8-23)32-22(29)27-9-5-15(6-10-27)20-25-26-21(31-20)16-3-4-17-12-24-28(19(17)11-16)18-13-30-14-18/h3-4,11-12,15,18H,2,5-10,13-14H2,1H3. The molecule has 0 N–H and O–H groups in total. The van der Waals surface area contributed by atoms with E-state index in [1.807, 2.05) is 29.9 Å². The maximum Gasteiger partial charge on any atom is 0.410 e. The molecule has 6 rings (SSSR count). The summed E-state index contributed by atoms with van der Waals surface area (Å²) in [5.74, 6) is 1.31. The quantitative estimate of drug-likeness (QED) is 0.610. The fourth-order valence-electron chi connectivity index (χ4n) is 4.70. The molecule has 3 aromatic rings. The summed E-state index contributed by atoms with van der Waals surface area (Å²) in [6.45, 7) is 4.69. The molecule has 2 aliphatic heterocycles. The summed E-state index contributed by atoms with van der Waals surface area (Å²) < 4.78 is 19.1. The van der Waals surface area contributed by atoms with Gasteiger partial charge in [-0.05, 0) is 51.2 Å². The first-order chi connectivity index (χ1) is 15.6. The minimum absolute atomic E-state index is 0.154. The van der Waals surface area contributed by atoms with E-state index in [2.05, 4.69) is 21.4 Å². The number of aromatic nitrogens is 4. The van der Waals surface area contributed by atoms with Crippen molar-refractivity contribution in [2.75, 3.05) is 26.3 Å². The number of piperidine rings is 1. The lowest BCUT2D eigenvalue weighted by atomic mass is 9.82. The van der Waals surface area contributed by atoms with Crippen molar-refractivity contribution in [2.24, 2.45) is 0 Å². The number of likely N-dealkylation sites (tertiary alicyclic amines) is 1. The van der Waals surface area contributed by atoms with Crippen molar-refractivity contribution < 1.29 is 18.7 Å². The highest BCUT2D eigenvalue weighted by Gasteiger charge is 2.38. The Labute approximate surface area is 185 Å². The molecule has 2 aromatic heterocycles. The predicted molar refractivity (Wildman–Crippen MR) is 115 cm³/mol. The Balaban J connectivity index is 1.13. The van der Waals surface area contributed by atoms with Gasteiger partial charge in [-0.2, -0.15) is 5.10 Å². The number of carbonyl (C=O) groups is 1. The molecule has 0 spiro atoms. The fraction of sp³-hybridized carbons (Fsp3) is 0.565. The molecule has 0 atom stereocenters. The van der Waals surface area contributed by atoms with E-state index in [1.54, 1.807) is 4.90 Å². The number of ether oxygens (including phenoxy) is 2. The lowest BCUT2D eigenvalue weighted by molar-refractivity contribution is -0.0498. The van der Waals surface area contributed by atoms with E-state index in [-0.39, 0.29) is 23.7 Å². The van der Waals surface area contributed by atoms with Crippen LogP contribution in [0.25, 0.3) is 22.4 Å². The normalized spacial score (nSPS) is 21.3. The summed E-state index contributed by atoms with van der Waals surface area (Å²) >= 11 is 0. The molecule has 32 heavy (non-hydrogen) atoms. The third-order valence-electron chi connectivity index (χ3n) is 7.10. The molecule has 4 heterocycles. The Morgan fingerprint density at radius 3 is 2.69 bits per heavy atom. The van der Waals surface area contributed by atoms with Crippen LogP contribution in [0.4, 0.5) is 4.79 Å². The van der Waals surface area contributed by atoms with Crippen LogP contribution in [-0.4, -0.2) is 62.9 Å². The molecule has 1 aromatic carbocycles. The van der Waals surface area contributed by atoms with E-state index in [4.69, 9.17) is 13.9 Å². The van der Waals surface area contributed by atoms with Gasteiger partial charge in [0.2, 0.25) is 11.8 Å². The van der Waals surface area contributed by atoms with Crippen molar-refractivity contribution in [3.05, 3.63) is 30.3 Å². The van der Waals surface area contributed by atoms with Gasteiger partial charge >= 0.3 is 6.09 Å². The highest BCUT2D eigenvalue weighted by Crippen LogP contribution is 2.36. The smallest absolute Gasteiger partial charge is 0.410 e. The van der Waals surface area contributed by atoms with Crippen molar-refractivity contribution in [3.63, 3.8) is 0 Å². The van der Waals surface area contributed by atoms with Crippen molar-refractivity contribution in [3.8, 4) is 11.5 Å². The summed E-state index contributed by atoms with van der Waals surface area (Å²) in [5, 5.41) is 14.2. The van der Waals surface area contributed by atoms with Crippen LogP contribution in [-0.2, 0) is 9.47 Å². The second-order valence-corrected chi connectivity index (χ2v) is 9.43. The topological polar surface area (TPSA) is 95.5 Å². The zero-order valence-electron chi connectivity index (χ0n) is 18.2. The maximum absolute atomic E-state index is 12.5. The summed E-state index contributed by atoms with van der Waals surface area (Å²) in [6.07, 6.45) is 6.32. The van der Waals surface area contributed by atoms with Crippen LogP contribution in [0.1, 0.15) is 56.9 Å². The Bertz CT molecular complexity index is 1140. The number of hydrogen-bond donors (Lipinski definition) is 0. The SMILES string of the molecule is CC1(OC(=O)N2CCC(c3nnc(-c4ccc5cnn(C6COC6)c5c4)o3)CC2)CCC1. The lowest BCUT2D eigenvalue weighted by Gasteiger charge is -2.40. The van der Waals surface area contributed by atoms with Gasteiger partial charge in [0, 0.05) is 30.0 Å². The Morgan fingerprint density at radius 2 is 2.00 bits per heavy atom. The molecule has 3 fully saturated rings. The van der Waals surface area contributed by atoms with Crippen molar-refractivity contribution in [1.82, 2.24) is 24.9 Å².